The van der Waals surface area contributed by atoms with Gasteiger partial charge in [-0.25, -0.2) is 4.98 Å². The minimum Gasteiger partial charge on any atom is -0.232 e. The van der Waals surface area contributed by atoms with Crippen LogP contribution in [0, 0.1) is 5.95 Å². The Balaban J connectivity index is 1.70. The number of rotatable bonds is 2. The molecule has 1 aliphatic carbocycles. The van der Waals surface area contributed by atoms with Gasteiger partial charge in [0, 0.05) is 16.8 Å². The van der Waals surface area contributed by atoms with E-state index in [0.29, 0.717) is 17.5 Å². The maximum absolute atomic E-state index is 13.5. The first kappa shape index (κ1) is 11.9. The average Bonchev–Trinajstić information content (AvgIpc) is 3.17. The molecule has 2 aromatic heterocycles. The first-order valence-corrected chi connectivity index (χ1v) is 6.85. The summed E-state index contributed by atoms with van der Waals surface area (Å²) in [5.41, 5.74) is 2.94. The quantitative estimate of drug-likeness (QED) is 0.718. The molecule has 4 rings (SSSR count). The summed E-state index contributed by atoms with van der Waals surface area (Å²) in [4.78, 5) is 4.13. The molecule has 20 heavy (non-hydrogen) atoms. The molecule has 3 nitrogen and oxygen atoms in total. The third-order valence-corrected chi connectivity index (χ3v) is 4.13. The molecule has 0 radical (unpaired) electrons. The average molecular weight is 288 g/mol. The number of aromatic nitrogens is 3. The third-order valence-electron chi connectivity index (χ3n) is 3.88. The van der Waals surface area contributed by atoms with Crippen LogP contribution in [0.4, 0.5) is 4.39 Å². The van der Waals surface area contributed by atoms with E-state index in [2.05, 4.69) is 22.2 Å². The lowest BCUT2D eigenvalue weighted by Gasteiger charge is -2.03. The summed E-state index contributed by atoms with van der Waals surface area (Å²) < 4.78 is 14.8. The molecule has 3 aromatic rings. The van der Waals surface area contributed by atoms with Crippen molar-refractivity contribution in [1.29, 1.82) is 0 Å². The highest BCUT2D eigenvalue weighted by molar-refractivity contribution is 6.30. The lowest BCUT2D eigenvalue weighted by Crippen LogP contribution is -1.97. The molecule has 0 saturated heterocycles. The van der Waals surface area contributed by atoms with Gasteiger partial charge in [0.25, 0.3) is 0 Å². The zero-order valence-corrected chi connectivity index (χ0v) is 11.3. The van der Waals surface area contributed by atoms with E-state index in [9.17, 15) is 4.39 Å². The van der Waals surface area contributed by atoms with Crippen LogP contribution < -0.4 is 0 Å². The molecule has 0 bridgehead atoms. The number of halogens is 2. The minimum absolute atomic E-state index is 0.378. The van der Waals surface area contributed by atoms with Crippen molar-refractivity contribution < 1.29 is 4.39 Å². The van der Waals surface area contributed by atoms with Crippen molar-refractivity contribution in [3.8, 4) is 0 Å². The van der Waals surface area contributed by atoms with Gasteiger partial charge in [-0.3, -0.25) is 0 Å². The molecule has 0 N–H and O–H groups in total. The van der Waals surface area contributed by atoms with Gasteiger partial charge in [0.15, 0.2) is 5.65 Å². The molecule has 2 atom stereocenters. The zero-order chi connectivity index (χ0) is 13.7. The van der Waals surface area contributed by atoms with Crippen molar-refractivity contribution in [2.75, 3.05) is 0 Å². The smallest absolute Gasteiger partial charge is 0.232 e. The highest BCUT2D eigenvalue weighted by Crippen LogP contribution is 2.55. The second-order valence-corrected chi connectivity index (χ2v) is 5.54. The molecular formula is C15H11ClFN3. The summed E-state index contributed by atoms with van der Waals surface area (Å²) in [5, 5.41) is 4.73. The SMILES string of the molecule is Fc1cnc2c([C@H]3C[C@@H]3c3ccc(Cl)cc3)ccnn12. The second-order valence-electron chi connectivity index (χ2n) is 5.10. The highest BCUT2D eigenvalue weighted by atomic mass is 35.5. The summed E-state index contributed by atoms with van der Waals surface area (Å²) in [7, 11) is 0. The van der Waals surface area contributed by atoms with Crippen LogP contribution in [0.15, 0.2) is 42.7 Å². The van der Waals surface area contributed by atoms with Crippen molar-refractivity contribution in [2.24, 2.45) is 0 Å². The van der Waals surface area contributed by atoms with Crippen LogP contribution in [-0.4, -0.2) is 14.6 Å². The normalized spacial score (nSPS) is 21.3. The summed E-state index contributed by atoms with van der Waals surface area (Å²) in [6, 6.07) is 9.85. The standard InChI is InChI=1S/C15H11ClFN3/c16-10-3-1-9(2-4-10)12-7-13(12)11-5-6-19-20-14(17)8-18-15(11)20/h1-6,8,12-13H,7H2/t12-,13-/m1/s1. The summed E-state index contributed by atoms with van der Waals surface area (Å²) in [5.74, 6) is 0.409. The predicted octanol–water partition coefficient (Wildman–Crippen LogP) is 3.79. The van der Waals surface area contributed by atoms with Gasteiger partial charge in [-0.2, -0.15) is 14.0 Å². The van der Waals surface area contributed by atoms with Crippen molar-refractivity contribution >= 4 is 17.2 Å². The highest BCUT2D eigenvalue weighted by Gasteiger charge is 2.41. The van der Waals surface area contributed by atoms with Gasteiger partial charge in [0.05, 0.1) is 6.20 Å². The predicted molar refractivity (Wildman–Crippen MR) is 74.5 cm³/mol. The van der Waals surface area contributed by atoms with Gasteiger partial charge in [0.2, 0.25) is 5.95 Å². The first-order valence-electron chi connectivity index (χ1n) is 6.47. The Morgan fingerprint density at radius 2 is 1.95 bits per heavy atom. The van der Waals surface area contributed by atoms with E-state index in [-0.39, 0.29) is 0 Å². The van der Waals surface area contributed by atoms with Crippen molar-refractivity contribution in [3.05, 3.63) is 64.8 Å². The number of imidazole rings is 1. The molecule has 5 heteroatoms. The van der Waals surface area contributed by atoms with E-state index in [1.54, 1.807) is 6.20 Å². The number of fused-ring (bicyclic) bond motifs is 1. The van der Waals surface area contributed by atoms with Crippen LogP contribution in [0.3, 0.4) is 0 Å². The van der Waals surface area contributed by atoms with E-state index >= 15 is 0 Å². The number of hydrogen-bond donors (Lipinski definition) is 0. The molecule has 0 amide bonds. The Morgan fingerprint density at radius 3 is 2.75 bits per heavy atom. The number of benzene rings is 1. The zero-order valence-electron chi connectivity index (χ0n) is 10.5. The molecule has 0 unspecified atom stereocenters. The van der Waals surface area contributed by atoms with E-state index < -0.39 is 5.95 Å². The largest absolute Gasteiger partial charge is 0.234 e. The topological polar surface area (TPSA) is 30.2 Å². The fourth-order valence-corrected chi connectivity index (χ4v) is 2.92. The van der Waals surface area contributed by atoms with Gasteiger partial charge in [0.1, 0.15) is 0 Å². The van der Waals surface area contributed by atoms with E-state index in [0.717, 1.165) is 17.0 Å². The molecule has 0 aliphatic heterocycles. The van der Waals surface area contributed by atoms with Crippen LogP contribution in [-0.2, 0) is 0 Å². The fourth-order valence-electron chi connectivity index (χ4n) is 2.79. The van der Waals surface area contributed by atoms with E-state index in [1.165, 1.54) is 16.3 Å². The Bertz CT molecular complexity index is 781. The Kier molecular flexibility index (Phi) is 2.54. The van der Waals surface area contributed by atoms with Crippen LogP contribution in [0.5, 0.6) is 0 Å². The minimum atomic E-state index is -0.425. The van der Waals surface area contributed by atoms with Gasteiger partial charge in [-0.1, -0.05) is 23.7 Å². The molecule has 100 valence electrons. The Morgan fingerprint density at radius 1 is 1.15 bits per heavy atom. The molecule has 1 saturated carbocycles. The van der Waals surface area contributed by atoms with Crippen LogP contribution in [0.1, 0.15) is 29.4 Å². The molecule has 1 aliphatic rings. The molecular weight excluding hydrogens is 277 g/mol. The summed E-state index contributed by atoms with van der Waals surface area (Å²) in [6.45, 7) is 0. The van der Waals surface area contributed by atoms with Crippen molar-refractivity contribution in [1.82, 2.24) is 14.6 Å². The monoisotopic (exact) mass is 287 g/mol. The lowest BCUT2D eigenvalue weighted by molar-refractivity contribution is 0.548. The number of hydrogen-bond acceptors (Lipinski definition) is 2. The van der Waals surface area contributed by atoms with E-state index in [1.807, 2.05) is 18.2 Å². The Hall–Kier alpha value is -1.94. The first-order chi connectivity index (χ1) is 9.74. The van der Waals surface area contributed by atoms with Gasteiger partial charge < -0.3 is 0 Å². The van der Waals surface area contributed by atoms with Crippen LogP contribution >= 0.6 is 11.6 Å². The van der Waals surface area contributed by atoms with Gasteiger partial charge >= 0.3 is 0 Å². The third kappa shape index (κ3) is 1.79. The molecule has 2 heterocycles. The number of nitrogens with zero attached hydrogens (tertiary/aromatic N) is 3. The van der Waals surface area contributed by atoms with Gasteiger partial charge in [-0.05, 0) is 42.0 Å². The molecule has 1 aromatic carbocycles. The van der Waals surface area contributed by atoms with Crippen molar-refractivity contribution in [3.63, 3.8) is 0 Å². The maximum atomic E-state index is 13.5. The Labute approximate surface area is 120 Å². The van der Waals surface area contributed by atoms with E-state index in [4.69, 9.17) is 11.6 Å². The van der Waals surface area contributed by atoms with Gasteiger partial charge in [-0.15, -0.1) is 0 Å². The maximum Gasteiger partial charge on any atom is 0.234 e. The molecule has 0 spiro atoms. The van der Waals surface area contributed by atoms with Crippen LogP contribution in [0.25, 0.3) is 5.65 Å². The fraction of sp³-hybridized carbons (Fsp3) is 0.200. The van der Waals surface area contributed by atoms with Crippen molar-refractivity contribution in [2.45, 2.75) is 18.3 Å². The summed E-state index contributed by atoms with van der Waals surface area (Å²) >= 11 is 5.91. The second kappa shape index (κ2) is 4.28. The van der Waals surface area contributed by atoms with Crippen LogP contribution in [0.2, 0.25) is 5.02 Å². The summed E-state index contributed by atoms with van der Waals surface area (Å²) in [6.07, 6.45) is 3.89. The molecule has 1 fully saturated rings. The lowest BCUT2D eigenvalue weighted by atomic mass is 10.1.